The lowest BCUT2D eigenvalue weighted by atomic mass is 10.2. The highest BCUT2D eigenvalue weighted by molar-refractivity contribution is 7.15. The first-order valence-electron chi connectivity index (χ1n) is 6.74. The smallest absolute Gasteiger partial charge is 0.413 e. The number of anilines is 1. The summed E-state index contributed by atoms with van der Waals surface area (Å²) in [6.07, 6.45) is 3.55. The third kappa shape index (κ3) is 3.08. The summed E-state index contributed by atoms with van der Waals surface area (Å²) in [6.45, 7) is 1.36. The van der Waals surface area contributed by atoms with Gasteiger partial charge in [-0.3, -0.25) is 14.8 Å². The van der Waals surface area contributed by atoms with Crippen LogP contribution in [0.3, 0.4) is 0 Å². The Labute approximate surface area is 130 Å². The second-order valence-corrected chi connectivity index (χ2v) is 5.86. The number of fused-ring (bicyclic) bond motifs is 1. The van der Waals surface area contributed by atoms with E-state index in [9.17, 15) is 9.59 Å². The monoisotopic (exact) mass is 321 g/mol. The average Bonchev–Trinajstić information content (AvgIpc) is 3.14. The summed E-state index contributed by atoms with van der Waals surface area (Å²) >= 11 is 1.37. The highest BCUT2D eigenvalue weighted by Crippen LogP contribution is 2.28. The maximum Gasteiger partial charge on any atom is 0.413 e. The Kier molecular flexibility index (Phi) is 4.05. The molecule has 0 aromatic carbocycles. The summed E-state index contributed by atoms with van der Waals surface area (Å²) in [5.74, 6) is 0.0187. The van der Waals surface area contributed by atoms with E-state index in [1.165, 1.54) is 18.4 Å². The summed E-state index contributed by atoms with van der Waals surface area (Å²) in [6, 6.07) is 1.79. The van der Waals surface area contributed by atoms with E-state index in [1.54, 1.807) is 28.0 Å². The Morgan fingerprint density at radius 1 is 1.50 bits per heavy atom. The minimum atomic E-state index is -0.544. The van der Waals surface area contributed by atoms with Crippen molar-refractivity contribution in [2.24, 2.45) is 0 Å². The molecule has 1 N–H and O–H groups in total. The van der Waals surface area contributed by atoms with Gasteiger partial charge in [0.25, 0.3) is 0 Å². The van der Waals surface area contributed by atoms with E-state index in [4.69, 9.17) is 0 Å². The normalized spacial score (nSPS) is 13.6. The Morgan fingerprint density at radius 3 is 3.09 bits per heavy atom. The second-order valence-electron chi connectivity index (χ2n) is 4.77. The standard InChI is InChI=1S/C13H15N5O3S/c1-21-13(20)16-12-15-9-3-6-17(7-10(9)22-12)11(19)8-18-5-2-4-14-18/h2,4-5H,3,6-8H2,1H3,(H,15,16,20). The molecule has 0 radical (unpaired) electrons. The van der Waals surface area contributed by atoms with Gasteiger partial charge in [-0.1, -0.05) is 11.3 Å². The fourth-order valence-electron chi connectivity index (χ4n) is 2.23. The molecule has 0 bridgehead atoms. The first kappa shape index (κ1) is 14.5. The molecular weight excluding hydrogens is 306 g/mol. The lowest BCUT2D eigenvalue weighted by molar-refractivity contribution is -0.132. The van der Waals surface area contributed by atoms with E-state index in [0.29, 0.717) is 24.6 Å². The van der Waals surface area contributed by atoms with Crippen LogP contribution < -0.4 is 5.32 Å². The fourth-order valence-corrected chi connectivity index (χ4v) is 3.24. The van der Waals surface area contributed by atoms with Crippen LogP contribution in [0.15, 0.2) is 18.5 Å². The van der Waals surface area contributed by atoms with E-state index in [0.717, 1.165) is 10.6 Å². The van der Waals surface area contributed by atoms with E-state index in [2.05, 4.69) is 20.1 Å². The van der Waals surface area contributed by atoms with Crippen molar-refractivity contribution in [1.29, 1.82) is 0 Å². The third-order valence-electron chi connectivity index (χ3n) is 3.33. The Bertz CT molecular complexity index is 682. The van der Waals surface area contributed by atoms with E-state index in [1.807, 2.05) is 0 Å². The molecule has 3 heterocycles. The number of rotatable bonds is 3. The van der Waals surface area contributed by atoms with Crippen molar-refractivity contribution in [3.05, 3.63) is 29.0 Å². The van der Waals surface area contributed by atoms with E-state index >= 15 is 0 Å². The molecule has 0 saturated heterocycles. The van der Waals surface area contributed by atoms with Crippen LogP contribution >= 0.6 is 11.3 Å². The molecule has 8 nitrogen and oxygen atoms in total. The van der Waals surface area contributed by atoms with Crippen LogP contribution in [0.1, 0.15) is 10.6 Å². The van der Waals surface area contributed by atoms with Crippen LogP contribution in [0.2, 0.25) is 0 Å². The molecule has 0 aliphatic carbocycles. The summed E-state index contributed by atoms with van der Waals surface area (Å²) < 4.78 is 6.15. The van der Waals surface area contributed by atoms with Crippen LogP contribution in [-0.2, 0) is 29.0 Å². The van der Waals surface area contributed by atoms with Crippen molar-refractivity contribution in [3.8, 4) is 0 Å². The topological polar surface area (TPSA) is 89.4 Å². The number of ether oxygens (including phenoxy) is 1. The van der Waals surface area contributed by atoms with Crippen LogP contribution in [0.4, 0.5) is 9.93 Å². The molecule has 22 heavy (non-hydrogen) atoms. The number of hydrogen-bond donors (Lipinski definition) is 1. The predicted octanol–water partition coefficient (Wildman–Crippen LogP) is 1.10. The van der Waals surface area contributed by atoms with Gasteiger partial charge in [-0.15, -0.1) is 0 Å². The zero-order chi connectivity index (χ0) is 15.5. The number of methoxy groups -OCH3 is 1. The largest absolute Gasteiger partial charge is 0.453 e. The summed E-state index contributed by atoms with van der Waals surface area (Å²) in [7, 11) is 1.30. The SMILES string of the molecule is COC(=O)Nc1nc2c(s1)CN(C(=O)Cn1cccn1)CC2. The molecule has 1 aliphatic rings. The van der Waals surface area contributed by atoms with Gasteiger partial charge in [-0.25, -0.2) is 9.78 Å². The highest BCUT2D eigenvalue weighted by atomic mass is 32.1. The van der Waals surface area contributed by atoms with Crippen molar-refractivity contribution >= 4 is 28.5 Å². The molecule has 0 atom stereocenters. The molecule has 2 aromatic heterocycles. The Morgan fingerprint density at radius 2 is 2.36 bits per heavy atom. The number of amides is 2. The molecule has 116 valence electrons. The molecule has 1 aliphatic heterocycles. The molecule has 0 fully saturated rings. The molecule has 0 unspecified atom stereocenters. The second kappa shape index (κ2) is 6.14. The zero-order valence-corrected chi connectivity index (χ0v) is 12.8. The molecule has 9 heteroatoms. The molecule has 2 amide bonds. The number of nitrogens with one attached hydrogen (secondary N) is 1. The van der Waals surface area contributed by atoms with Gasteiger partial charge >= 0.3 is 6.09 Å². The van der Waals surface area contributed by atoms with Gasteiger partial charge in [-0.2, -0.15) is 5.10 Å². The lowest BCUT2D eigenvalue weighted by Gasteiger charge is -2.26. The fraction of sp³-hybridized carbons (Fsp3) is 0.385. The van der Waals surface area contributed by atoms with Gasteiger partial charge in [0, 0.05) is 30.2 Å². The van der Waals surface area contributed by atoms with Crippen LogP contribution in [0.25, 0.3) is 0 Å². The van der Waals surface area contributed by atoms with Crippen molar-refractivity contribution in [3.63, 3.8) is 0 Å². The Hall–Kier alpha value is -2.42. The Balaban J connectivity index is 1.65. The number of thiazole rings is 1. The van der Waals surface area contributed by atoms with Crippen molar-refractivity contribution < 1.29 is 14.3 Å². The number of hydrogen-bond acceptors (Lipinski definition) is 6. The first-order valence-corrected chi connectivity index (χ1v) is 7.56. The van der Waals surface area contributed by atoms with Gasteiger partial charge in [0.2, 0.25) is 5.91 Å². The number of nitrogens with zero attached hydrogens (tertiary/aromatic N) is 4. The van der Waals surface area contributed by atoms with Crippen molar-refractivity contribution in [2.45, 2.75) is 19.5 Å². The van der Waals surface area contributed by atoms with Gasteiger partial charge in [-0.05, 0) is 6.07 Å². The van der Waals surface area contributed by atoms with Gasteiger partial charge in [0.1, 0.15) is 6.54 Å². The summed E-state index contributed by atoms with van der Waals surface area (Å²) in [5, 5.41) is 7.10. The average molecular weight is 321 g/mol. The molecule has 0 spiro atoms. The van der Waals surface area contributed by atoms with Crippen LogP contribution in [0.5, 0.6) is 0 Å². The first-order chi connectivity index (χ1) is 10.7. The lowest BCUT2D eigenvalue weighted by Crippen LogP contribution is -2.37. The summed E-state index contributed by atoms with van der Waals surface area (Å²) in [5.41, 5.74) is 0.930. The quantitative estimate of drug-likeness (QED) is 0.914. The predicted molar refractivity (Wildman–Crippen MR) is 79.5 cm³/mol. The minimum Gasteiger partial charge on any atom is -0.453 e. The van der Waals surface area contributed by atoms with Gasteiger partial charge < -0.3 is 9.64 Å². The van der Waals surface area contributed by atoms with Gasteiger partial charge in [0.15, 0.2) is 5.13 Å². The van der Waals surface area contributed by atoms with Crippen molar-refractivity contribution in [1.82, 2.24) is 19.7 Å². The van der Waals surface area contributed by atoms with E-state index in [-0.39, 0.29) is 12.5 Å². The van der Waals surface area contributed by atoms with Crippen LogP contribution in [-0.4, -0.2) is 45.3 Å². The molecule has 3 rings (SSSR count). The number of aromatic nitrogens is 3. The maximum atomic E-state index is 12.3. The maximum absolute atomic E-state index is 12.3. The molecule has 2 aromatic rings. The van der Waals surface area contributed by atoms with Gasteiger partial charge in [0.05, 0.1) is 19.3 Å². The minimum absolute atomic E-state index is 0.0187. The van der Waals surface area contributed by atoms with Crippen LogP contribution in [0, 0.1) is 0 Å². The summed E-state index contributed by atoms with van der Waals surface area (Å²) in [4.78, 5) is 30.6. The van der Waals surface area contributed by atoms with Crippen molar-refractivity contribution in [2.75, 3.05) is 19.0 Å². The number of carbonyl (C=O) groups excluding carboxylic acids is 2. The third-order valence-corrected chi connectivity index (χ3v) is 4.33. The molecule has 0 saturated carbocycles. The zero-order valence-electron chi connectivity index (χ0n) is 12.0. The molecular formula is C13H15N5O3S. The van der Waals surface area contributed by atoms with E-state index < -0.39 is 6.09 Å². The number of carbonyl (C=O) groups is 2. The highest BCUT2D eigenvalue weighted by Gasteiger charge is 2.24.